The molecule has 2 heterocycles. The normalized spacial score (nSPS) is 16.8. The molecule has 1 aromatic heterocycles. The molecule has 10 heteroatoms. The highest BCUT2D eigenvalue weighted by Crippen LogP contribution is 2.26. The Labute approximate surface area is 212 Å². The Morgan fingerprint density at radius 1 is 0.946 bits per heavy atom. The number of anilines is 1. The zero-order chi connectivity index (χ0) is 25.6. The fourth-order valence-corrected chi connectivity index (χ4v) is 4.11. The second-order valence-corrected chi connectivity index (χ2v) is 8.51. The van der Waals surface area contributed by atoms with Crippen LogP contribution >= 0.6 is 0 Å². The van der Waals surface area contributed by atoms with E-state index in [4.69, 9.17) is 9.47 Å². The Balaban J connectivity index is 1.26. The minimum atomic E-state index is -0.722. The summed E-state index contributed by atoms with van der Waals surface area (Å²) in [7, 11) is 0. The van der Waals surface area contributed by atoms with E-state index in [-0.39, 0.29) is 36.8 Å². The average molecular weight is 502 g/mol. The molecule has 0 radical (unpaired) electrons. The van der Waals surface area contributed by atoms with Gasteiger partial charge in [-0.2, -0.15) is 5.10 Å². The minimum Gasteiger partial charge on any atom is -0.488 e. The number of rotatable bonds is 8. The maximum absolute atomic E-state index is 13.3. The molecule has 0 bridgehead atoms. The summed E-state index contributed by atoms with van der Waals surface area (Å²) >= 11 is 0. The largest absolute Gasteiger partial charge is 0.488 e. The number of hydrogen-bond donors (Lipinski definition) is 1. The zero-order valence-electron chi connectivity index (χ0n) is 19.7. The van der Waals surface area contributed by atoms with Crippen LogP contribution in [0.25, 0.3) is 0 Å². The Morgan fingerprint density at radius 3 is 2.32 bits per heavy atom. The first-order valence-corrected chi connectivity index (χ1v) is 11.7. The van der Waals surface area contributed by atoms with E-state index in [0.29, 0.717) is 29.4 Å². The topological polar surface area (TPSA) is 98.6 Å². The number of ether oxygens (including phenoxy) is 2. The summed E-state index contributed by atoms with van der Waals surface area (Å²) in [5.74, 6) is 0.782. The van der Waals surface area contributed by atoms with Crippen LogP contribution in [0.3, 0.4) is 0 Å². The van der Waals surface area contributed by atoms with Gasteiger partial charge < -0.3 is 19.7 Å². The monoisotopic (exact) mass is 501 g/mol. The molecule has 5 rings (SSSR count). The van der Waals surface area contributed by atoms with Crippen LogP contribution in [-0.2, 0) is 16.1 Å². The summed E-state index contributed by atoms with van der Waals surface area (Å²) in [5, 5.41) is 6.87. The maximum atomic E-state index is 13.3. The van der Waals surface area contributed by atoms with Crippen LogP contribution in [0.5, 0.6) is 17.2 Å². The molecule has 1 saturated heterocycles. The fraction of sp³-hybridized carbons (Fsp3) is 0.185. The second-order valence-electron chi connectivity index (χ2n) is 8.51. The van der Waals surface area contributed by atoms with Crippen LogP contribution in [0.2, 0.25) is 0 Å². The number of aromatic nitrogens is 3. The summed E-state index contributed by atoms with van der Waals surface area (Å²) in [6, 6.07) is 21.1. The van der Waals surface area contributed by atoms with E-state index >= 15 is 0 Å². The van der Waals surface area contributed by atoms with Crippen LogP contribution in [0.15, 0.2) is 91.5 Å². The van der Waals surface area contributed by atoms with Crippen LogP contribution < -0.4 is 14.8 Å². The smallest absolute Gasteiger partial charge is 0.247 e. The summed E-state index contributed by atoms with van der Waals surface area (Å²) in [6.45, 7) is 0.238. The van der Waals surface area contributed by atoms with Crippen LogP contribution in [0.4, 0.5) is 10.1 Å². The van der Waals surface area contributed by atoms with Crippen molar-refractivity contribution in [2.75, 3.05) is 11.9 Å². The lowest BCUT2D eigenvalue weighted by molar-refractivity contribution is -0.137. The molecule has 1 fully saturated rings. The van der Waals surface area contributed by atoms with E-state index in [1.54, 1.807) is 24.3 Å². The van der Waals surface area contributed by atoms with Crippen molar-refractivity contribution in [2.45, 2.75) is 25.1 Å². The number of nitrogens with zero attached hydrogens (tertiary/aromatic N) is 4. The van der Waals surface area contributed by atoms with Crippen molar-refractivity contribution in [1.82, 2.24) is 19.7 Å². The predicted octanol–water partition coefficient (Wildman–Crippen LogP) is 3.90. The molecule has 3 aromatic carbocycles. The molecule has 4 aromatic rings. The van der Waals surface area contributed by atoms with Crippen LogP contribution in [0.1, 0.15) is 6.42 Å². The second kappa shape index (κ2) is 10.9. The van der Waals surface area contributed by atoms with Gasteiger partial charge in [0, 0.05) is 12.1 Å². The lowest BCUT2D eigenvalue weighted by Gasteiger charge is -2.23. The summed E-state index contributed by atoms with van der Waals surface area (Å²) in [4.78, 5) is 31.7. The number of likely N-dealkylation sites (tertiary alicyclic amines) is 1. The van der Waals surface area contributed by atoms with Gasteiger partial charge in [0.1, 0.15) is 54.4 Å². The van der Waals surface area contributed by atoms with E-state index in [9.17, 15) is 14.0 Å². The zero-order valence-corrected chi connectivity index (χ0v) is 19.7. The third-order valence-electron chi connectivity index (χ3n) is 5.87. The Hall–Kier alpha value is -4.73. The number of nitrogens with one attached hydrogen (secondary N) is 1. The molecule has 2 amide bonds. The number of para-hydroxylation sites is 1. The molecule has 1 unspecified atom stereocenters. The summed E-state index contributed by atoms with van der Waals surface area (Å²) < 4.78 is 26.3. The molecule has 1 N–H and O–H groups in total. The number of benzene rings is 3. The third kappa shape index (κ3) is 6.10. The van der Waals surface area contributed by atoms with Crippen molar-refractivity contribution in [3.8, 4) is 17.2 Å². The van der Waals surface area contributed by atoms with Gasteiger partial charge in [-0.05, 0) is 60.7 Å². The maximum Gasteiger partial charge on any atom is 0.247 e. The van der Waals surface area contributed by atoms with E-state index in [2.05, 4.69) is 15.4 Å². The standard InChI is InChI=1S/C27H24FN5O4/c28-19-6-10-22(11-7-19)36-23-12-8-20(9-13-23)31-27(35)25-14-24(37-21-4-2-1-3-5-21)15-33(25)26(34)16-32-18-29-17-30-32/h1-13,17-18,24-25H,14-16H2,(H,31,35)/t24?,25-/m0/s1. The summed E-state index contributed by atoms with van der Waals surface area (Å²) in [6.07, 6.45) is 2.81. The predicted molar refractivity (Wildman–Crippen MR) is 133 cm³/mol. The quantitative estimate of drug-likeness (QED) is 0.393. The number of carbonyl (C=O) groups is 2. The van der Waals surface area contributed by atoms with Crippen LogP contribution in [0, 0.1) is 5.82 Å². The first kappa shape index (κ1) is 24.0. The lowest BCUT2D eigenvalue weighted by atomic mass is 10.1. The molecule has 1 aliphatic rings. The molecule has 1 aliphatic heterocycles. The highest BCUT2D eigenvalue weighted by Gasteiger charge is 2.40. The van der Waals surface area contributed by atoms with Gasteiger partial charge in [0.2, 0.25) is 11.8 Å². The molecule has 2 atom stereocenters. The third-order valence-corrected chi connectivity index (χ3v) is 5.87. The first-order valence-electron chi connectivity index (χ1n) is 11.7. The number of carbonyl (C=O) groups excluding carboxylic acids is 2. The van der Waals surface area contributed by atoms with Crippen molar-refractivity contribution in [3.05, 3.63) is 97.3 Å². The number of hydrogen-bond acceptors (Lipinski definition) is 6. The molecular formula is C27H24FN5O4. The van der Waals surface area contributed by atoms with Crippen molar-refractivity contribution >= 4 is 17.5 Å². The SMILES string of the molecule is O=C(Nc1ccc(Oc2ccc(F)cc2)cc1)[C@@H]1CC(Oc2ccccc2)CN1C(=O)Cn1cncn1. The first-order chi connectivity index (χ1) is 18.0. The molecule has 0 aliphatic carbocycles. The van der Waals surface area contributed by atoms with E-state index in [1.165, 1.54) is 46.5 Å². The highest BCUT2D eigenvalue weighted by atomic mass is 19.1. The fourth-order valence-electron chi connectivity index (χ4n) is 4.11. The highest BCUT2D eigenvalue weighted by molar-refractivity contribution is 5.97. The van der Waals surface area contributed by atoms with E-state index in [1.807, 2.05) is 30.3 Å². The van der Waals surface area contributed by atoms with Gasteiger partial charge in [0.15, 0.2) is 0 Å². The molecule has 0 saturated carbocycles. The van der Waals surface area contributed by atoms with Gasteiger partial charge in [-0.1, -0.05) is 18.2 Å². The van der Waals surface area contributed by atoms with Crippen LogP contribution in [-0.4, -0.2) is 50.2 Å². The molecular weight excluding hydrogens is 477 g/mol. The number of halogens is 1. The van der Waals surface area contributed by atoms with E-state index in [0.717, 1.165) is 0 Å². The van der Waals surface area contributed by atoms with Crippen molar-refractivity contribution in [3.63, 3.8) is 0 Å². The van der Waals surface area contributed by atoms with Gasteiger partial charge >= 0.3 is 0 Å². The molecule has 9 nitrogen and oxygen atoms in total. The van der Waals surface area contributed by atoms with Gasteiger partial charge in [0.05, 0.1) is 6.54 Å². The van der Waals surface area contributed by atoms with E-state index < -0.39 is 6.04 Å². The minimum absolute atomic E-state index is 0.0305. The Kier molecular flexibility index (Phi) is 7.07. The number of amides is 2. The average Bonchev–Trinajstić information content (AvgIpc) is 3.57. The van der Waals surface area contributed by atoms with Crippen molar-refractivity contribution in [1.29, 1.82) is 0 Å². The summed E-state index contributed by atoms with van der Waals surface area (Å²) in [5.41, 5.74) is 0.549. The molecule has 37 heavy (non-hydrogen) atoms. The van der Waals surface area contributed by atoms with Crippen molar-refractivity contribution < 1.29 is 23.5 Å². The van der Waals surface area contributed by atoms with Gasteiger partial charge in [0.25, 0.3) is 0 Å². The lowest BCUT2D eigenvalue weighted by Crippen LogP contribution is -2.44. The van der Waals surface area contributed by atoms with Gasteiger partial charge in [-0.15, -0.1) is 0 Å². The Bertz CT molecular complexity index is 1330. The molecule has 0 spiro atoms. The Morgan fingerprint density at radius 2 is 1.65 bits per heavy atom. The van der Waals surface area contributed by atoms with Gasteiger partial charge in [-0.25, -0.2) is 14.1 Å². The molecule has 188 valence electrons. The van der Waals surface area contributed by atoms with Gasteiger partial charge in [-0.3, -0.25) is 9.59 Å². The van der Waals surface area contributed by atoms with Crippen molar-refractivity contribution in [2.24, 2.45) is 0 Å².